The number of carbonyl (C=O) groups is 1. The summed E-state index contributed by atoms with van der Waals surface area (Å²) in [6.45, 7) is 0.297. The molecule has 0 aliphatic rings. The van der Waals surface area contributed by atoms with Gasteiger partial charge < -0.3 is 15.3 Å². The molecule has 0 unspecified atom stereocenters. The van der Waals surface area contributed by atoms with Crippen molar-refractivity contribution in [1.29, 1.82) is 0 Å². The van der Waals surface area contributed by atoms with Crippen molar-refractivity contribution in [1.82, 2.24) is 4.90 Å². The molecule has 0 fully saturated rings. The quantitative estimate of drug-likeness (QED) is 0.834. The van der Waals surface area contributed by atoms with Crippen LogP contribution in [-0.4, -0.2) is 36.2 Å². The minimum absolute atomic E-state index is 0.0319. The highest BCUT2D eigenvalue weighted by atomic mass is 127. The van der Waals surface area contributed by atoms with Crippen LogP contribution in [0.5, 0.6) is 0 Å². The molecule has 1 rings (SSSR count). The van der Waals surface area contributed by atoms with E-state index in [0.29, 0.717) is 6.54 Å². The fourth-order valence-electron chi connectivity index (χ4n) is 1.02. The van der Waals surface area contributed by atoms with Crippen LogP contribution in [0.2, 0.25) is 0 Å². The molecule has 2 amide bonds. The Hall–Kier alpha value is -0.820. The molecule has 0 saturated heterocycles. The van der Waals surface area contributed by atoms with Gasteiger partial charge in [0, 0.05) is 17.2 Å². The number of nitrogens with one attached hydrogen (secondary N) is 1. The van der Waals surface area contributed by atoms with Crippen LogP contribution >= 0.6 is 22.6 Å². The predicted octanol–water partition coefficient (Wildman–Crippen LogP) is 1.75. The number of hydrogen-bond donors (Lipinski definition) is 2. The van der Waals surface area contributed by atoms with Crippen molar-refractivity contribution in [3.05, 3.63) is 27.8 Å². The summed E-state index contributed by atoms with van der Waals surface area (Å²) < 4.78 is 0.987. The van der Waals surface area contributed by atoms with Crippen molar-refractivity contribution >= 4 is 34.3 Å². The highest BCUT2D eigenvalue weighted by Gasteiger charge is 2.08. The first-order chi connectivity index (χ1) is 7.15. The normalized spacial score (nSPS) is 9.80. The van der Waals surface area contributed by atoms with E-state index in [1.54, 1.807) is 7.05 Å². The molecule has 0 aliphatic heterocycles. The van der Waals surface area contributed by atoms with Crippen molar-refractivity contribution in [3.63, 3.8) is 0 Å². The Bertz CT molecular complexity index is 344. The van der Waals surface area contributed by atoms with E-state index in [2.05, 4.69) is 27.9 Å². The Morgan fingerprint density at radius 2 is 2.20 bits per heavy atom. The Morgan fingerprint density at radius 3 is 2.80 bits per heavy atom. The van der Waals surface area contributed by atoms with E-state index in [-0.39, 0.29) is 12.6 Å². The summed E-state index contributed by atoms with van der Waals surface area (Å²) in [5.74, 6) is 0. The number of rotatable bonds is 3. The number of aliphatic hydroxyl groups is 1. The molecule has 0 heterocycles. The summed E-state index contributed by atoms with van der Waals surface area (Å²) >= 11 is 2.16. The Kier molecular flexibility index (Phi) is 4.83. The van der Waals surface area contributed by atoms with Gasteiger partial charge in [-0.15, -0.1) is 0 Å². The van der Waals surface area contributed by atoms with Crippen molar-refractivity contribution in [2.75, 3.05) is 25.5 Å². The van der Waals surface area contributed by atoms with Gasteiger partial charge in [-0.1, -0.05) is 12.1 Å². The molecule has 2 N–H and O–H groups in total. The fraction of sp³-hybridized carbons (Fsp3) is 0.300. The Balaban J connectivity index is 2.62. The number of carbonyl (C=O) groups excluding carboxylic acids is 1. The van der Waals surface area contributed by atoms with E-state index >= 15 is 0 Å². The summed E-state index contributed by atoms with van der Waals surface area (Å²) in [5.41, 5.74) is 0.785. The molecular weight excluding hydrogens is 307 g/mol. The molecule has 0 aromatic heterocycles. The number of hydrogen-bond acceptors (Lipinski definition) is 2. The maximum absolute atomic E-state index is 11.6. The highest BCUT2D eigenvalue weighted by molar-refractivity contribution is 14.1. The standard InChI is InChI=1S/C10H13IN2O2/c1-13(6-7-14)10(15)12-9-5-3-2-4-8(9)11/h2-5,14H,6-7H2,1H3,(H,12,15). The second-order valence-electron chi connectivity index (χ2n) is 3.06. The lowest BCUT2D eigenvalue weighted by atomic mass is 10.3. The van der Waals surface area contributed by atoms with E-state index < -0.39 is 0 Å². The molecule has 0 spiro atoms. The van der Waals surface area contributed by atoms with Gasteiger partial charge in [0.15, 0.2) is 0 Å². The molecule has 0 atom stereocenters. The number of para-hydroxylation sites is 1. The smallest absolute Gasteiger partial charge is 0.321 e. The van der Waals surface area contributed by atoms with Gasteiger partial charge >= 0.3 is 6.03 Å². The lowest BCUT2D eigenvalue weighted by Crippen LogP contribution is -2.33. The molecule has 4 nitrogen and oxygen atoms in total. The first-order valence-electron chi connectivity index (χ1n) is 4.52. The van der Waals surface area contributed by atoms with E-state index in [4.69, 9.17) is 5.11 Å². The molecule has 0 bridgehead atoms. The molecule has 1 aromatic rings. The maximum atomic E-state index is 11.6. The van der Waals surface area contributed by atoms with E-state index in [9.17, 15) is 4.79 Å². The number of halogens is 1. The van der Waals surface area contributed by atoms with Crippen LogP contribution in [0.15, 0.2) is 24.3 Å². The van der Waals surface area contributed by atoms with Crippen LogP contribution in [0.4, 0.5) is 10.5 Å². The van der Waals surface area contributed by atoms with E-state index in [1.807, 2.05) is 24.3 Å². The predicted molar refractivity (Wildman–Crippen MR) is 67.9 cm³/mol. The van der Waals surface area contributed by atoms with Crippen molar-refractivity contribution in [3.8, 4) is 0 Å². The SMILES string of the molecule is CN(CCO)C(=O)Nc1ccccc1I. The first-order valence-corrected chi connectivity index (χ1v) is 5.60. The number of urea groups is 1. The number of likely N-dealkylation sites (N-methyl/N-ethyl adjacent to an activating group) is 1. The van der Waals surface area contributed by atoms with Gasteiger partial charge in [-0.2, -0.15) is 0 Å². The van der Waals surface area contributed by atoms with Gasteiger partial charge in [0.25, 0.3) is 0 Å². The second kappa shape index (κ2) is 5.92. The monoisotopic (exact) mass is 320 g/mol. The number of aliphatic hydroxyl groups excluding tert-OH is 1. The zero-order valence-corrected chi connectivity index (χ0v) is 10.6. The summed E-state index contributed by atoms with van der Waals surface area (Å²) in [7, 11) is 1.64. The van der Waals surface area contributed by atoms with E-state index in [0.717, 1.165) is 9.26 Å². The molecule has 82 valence electrons. The first kappa shape index (κ1) is 12.3. The van der Waals surface area contributed by atoms with Gasteiger partial charge in [0.05, 0.1) is 12.3 Å². The molecular formula is C10H13IN2O2. The van der Waals surface area contributed by atoms with Gasteiger partial charge in [0.2, 0.25) is 0 Å². The molecule has 0 radical (unpaired) electrons. The summed E-state index contributed by atoms with van der Waals surface area (Å²) in [6.07, 6.45) is 0. The topological polar surface area (TPSA) is 52.6 Å². The largest absolute Gasteiger partial charge is 0.395 e. The van der Waals surface area contributed by atoms with Gasteiger partial charge in [-0.05, 0) is 34.7 Å². The minimum Gasteiger partial charge on any atom is -0.395 e. The van der Waals surface area contributed by atoms with Crippen LogP contribution in [0.3, 0.4) is 0 Å². The summed E-state index contributed by atoms with van der Waals surface area (Å²) in [6, 6.07) is 7.32. The average Bonchev–Trinajstić information content (AvgIpc) is 2.21. The van der Waals surface area contributed by atoms with E-state index in [1.165, 1.54) is 4.90 Å². The van der Waals surface area contributed by atoms with Gasteiger partial charge in [-0.25, -0.2) is 4.79 Å². The highest BCUT2D eigenvalue weighted by Crippen LogP contribution is 2.17. The Morgan fingerprint density at radius 1 is 1.53 bits per heavy atom. The average molecular weight is 320 g/mol. The lowest BCUT2D eigenvalue weighted by Gasteiger charge is -2.17. The minimum atomic E-state index is -0.215. The Labute approximate surface area is 102 Å². The number of amides is 2. The molecule has 15 heavy (non-hydrogen) atoms. The fourth-order valence-corrected chi connectivity index (χ4v) is 1.55. The maximum Gasteiger partial charge on any atom is 0.321 e. The third-order valence-corrected chi connectivity index (χ3v) is 2.84. The lowest BCUT2D eigenvalue weighted by molar-refractivity contribution is 0.202. The third kappa shape index (κ3) is 3.67. The van der Waals surface area contributed by atoms with Gasteiger partial charge in [-0.3, -0.25) is 0 Å². The van der Waals surface area contributed by atoms with Crippen molar-refractivity contribution in [2.24, 2.45) is 0 Å². The molecule has 1 aromatic carbocycles. The zero-order chi connectivity index (χ0) is 11.3. The third-order valence-electron chi connectivity index (χ3n) is 1.90. The summed E-state index contributed by atoms with van der Waals surface area (Å²) in [5, 5.41) is 11.4. The van der Waals surface area contributed by atoms with Crippen LogP contribution in [0.1, 0.15) is 0 Å². The van der Waals surface area contributed by atoms with Crippen LogP contribution < -0.4 is 5.32 Å². The zero-order valence-electron chi connectivity index (χ0n) is 8.40. The van der Waals surface area contributed by atoms with Crippen molar-refractivity contribution in [2.45, 2.75) is 0 Å². The second-order valence-corrected chi connectivity index (χ2v) is 4.22. The number of benzene rings is 1. The molecule has 0 saturated carbocycles. The molecule has 0 aliphatic carbocycles. The van der Waals surface area contributed by atoms with Gasteiger partial charge in [0.1, 0.15) is 0 Å². The number of nitrogens with zero attached hydrogens (tertiary/aromatic N) is 1. The summed E-state index contributed by atoms with van der Waals surface area (Å²) in [4.78, 5) is 13.0. The van der Waals surface area contributed by atoms with Crippen LogP contribution in [0, 0.1) is 3.57 Å². The van der Waals surface area contributed by atoms with Crippen molar-refractivity contribution < 1.29 is 9.90 Å². The van der Waals surface area contributed by atoms with Crippen LogP contribution in [-0.2, 0) is 0 Å². The number of anilines is 1. The van der Waals surface area contributed by atoms with Crippen LogP contribution in [0.25, 0.3) is 0 Å². The molecule has 5 heteroatoms.